The summed E-state index contributed by atoms with van der Waals surface area (Å²) in [4.78, 5) is 6.39. The SMILES string of the molecule is COCCN(CCC#N)c1ncccc1OC(C)C. The van der Waals surface area contributed by atoms with Gasteiger partial charge in [-0.05, 0) is 26.0 Å². The van der Waals surface area contributed by atoms with Crippen LogP contribution in [-0.4, -0.2) is 37.9 Å². The summed E-state index contributed by atoms with van der Waals surface area (Å²) >= 11 is 0. The van der Waals surface area contributed by atoms with E-state index in [9.17, 15) is 0 Å². The molecule has 0 atom stereocenters. The third-order valence-electron chi connectivity index (χ3n) is 2.47. The molecule has 0 aliphatic carbocycles. The molecule has 5 heteroatoms. The first kappa shape index (κ1) is 15.3. The molecule has 1 rings (SSSR count). The first-order valence-electron chi connectivity index (χ1n) is 6.41. The summed E-state index contributed by atoms with van der Waals surface area (Å²) in [5.41, 5.74) is 0. The summed E-state index contributed by atoms with van der Waals surface area (Å²) in [5.74, 6) is 1.51. The van der Waals surface area contributed by atoms with Gasteiger partial charge in [-0.25, -0.2) is 4.98 Å². The summed E-state index contributed by atoms with van der Waals surface area (Å²) in [6.07, 6.45) is 2.26. The number of aromatic nitrogens is 1. The van der Waals surface area contributed by atoms with Crippen LogP contribution in [-0.2, 0) is 4.74 Å². The zero-order chi connectivity index (χ0) is 14.1. The fourth-order valence-electron chi connectivity index (χ4n) is 1.68. The summed E-state index contributed by atoms with van der Waals surface area (Å²) in [5, 5.41) is 8.74. The van der Waals surface area contributed by atoms with Gasteiger partial charge < -0.3 is 14.4 Å². The average Bonchev–Trinajstić information content (AvgIpc) is 2.39. The lowest BCUT2D eigenvalue weighted by Crippen LogP contribution is -2.29. The summed E-state index contributed by atoms with van der Waals surface area (Å²) in [6.45, 7) is 5.84. The van der Waals surface area contributed by atoms with Crippen molar-refractivity contribution in [2.45, 2.75) is 26.4 Å². The first-order chi connectivity index (χ1) is 9.19. The maximum Gasteiger partial charge on any atom is 0.171 e. The molecule has 0 saturated heterocycles. The Labute approximate surface area is 114 Å². The molecular weight excluding hydrogens is 242 g/mol. The van der Waals surface area contributed by atoms with E-state index < -0.39 is 0 Å². The van der Waals surface area contributed by atoms with Crippen molar-refractivity contribution in [2.24, 2.45) is 0 Å². The molecule has 0 aliphatic rings. The van der Waals surface area contributed by atoms with Crippen LogP contribution >= 0.6 is 0 Å². The lowest BCUT2D eigenvalue weighted by atomic mass is 10.3. The fourth-order valence-corrected chi connectivity index (χ4v) is 1.68. The molecule has 0 spiro atoms. The van der Waals surface area contributed by atoms with Crippen molar-refractivity contribution in [2.75, 3.05) is 31.7 Å². The molecule has 1 aromatic rings. The van der Waals surface area contributed by atoms with Crippen LogP contribution in [0.4, 0.5) is 5.82 Å². The van der Waals surface area contributed by atoms with E-state index in [2.05, 4.69) is 11.1 Å². The number of rotatable bonds is 8. The van der Waals surface area contributed by atoms with Crippen LogP contribution in [0.3, 0.4) is 0 Å². The van der Waals surface area contributed by atoms with E-state index in [0.29, 0.717) is 26.1 Å². The lowest BCUT2D eigenvalue weighted by molar-refractivity contribution is 0.204. The van der Waals surface area contributed by atoms with Crippen molar-refractivity contribution < 1.29 is 9.47 Å². The van der Waals surface area contributed by atoms with E-state index >= 15 is 0 Å². The van der Waals surface area contributed by atoms with Crippen LogP contribution in [0.25, 0.3) is 0 Å². The van der Waals surface area contributed by atoms with E-state index in [0.717, 1.165) is 11.6 Å². The van der Waals surface area contributed by atoms with Gasteiger partial charge in [0, 0.05) is 26.4 Å². The van der Waals surface area contributed by atoms with E-state index in [1.54, 1.807) is 13.3 Å². The van der Waals surface area contributed by atoms with Crippen LogP contribution in [0.5, 0.6) is 5.75 Å². The molecular formula is C14H21N3O2. The monoisotopic (exact) mass is 263 g/mol. The molecule has 1 heterocycles. The first-order valence-corrected chi connectivity index (χ1v) is 6.41. The third-order valence-corrected chi connectivity index (χ3v) is 2.47. The van der Waals surface area contributed by atoms with E-state index in [4.69, 9.17) is 14.7 Å². The topological polar surface area (TPSA) is 58.4 Å². The Bertz CT molecular complexity index is 415. The number of hydrogen-bond acceptors (Lipinski definition) is 5. The van der Waals surface area contributed by atoms with Gasteiger partial charge in [0.15, 0.2) is 11.6 Å². The number of nitriles is 1. The second-order valence-corrected chi connectivity index (χ2v) is 4.38. The summed E-state index contributed by atoms with van der Waals surface area (Å²) in [6, 6.07) is 5.90. The normalized spacial score (nSPS) is 10.3. The molecule has 0 amide bonds. The maximum atomic E-state index is 8.74. The van der Waals surface area contributed by atoms with Gasteiger partial charge in [0.2, 0.25) is 0 Å². The van der Waals surface area contributed by atoms with Gasteiger partial charge in [0.1, 0.15) is 0 Å². The van der Waals surface area contributed by atoms with Crippen LogP contribution in [0.15, 0.2) is 18.3 Å². The minimum atomic E-state index is 0.0863. The molecule has 0 N–H and O–H groups in total. The highest BCUT2D eigenvalue weighted by Crippen LogP contribution is 2.26. The number of pyridine rings is 1. The second kappa shape index (κ2) is 8.33. The molecule has 1 aromatic heterocycles. The maximum absolute atomic E-state index is 8.74. The molecule has 0 unspecified atom stereocenters. The molecule has 0 fully saturated rings. The van der Waals surface area contributed by atoms with Gasteiger partial charge in [-0.2, -0.15) is 5.26 Å². The standard InChI is InChI=1S/C14H21N3O2/c1-12(2)19-13-6-4-8-16-14(13)17(9-5-7-15)10-11-18-3/h4,6,8,12H,5,9-11H2,1-3H3. The quantitative estimate of drug-likeness (QED) is 0.720. The molecule has 0 radical (unpaired) electrons. The number of methoxy groups -OCH3 is 1. The average molecular weight is 263 g/mol. The Morgan fingerprint density at radius 1 is 1.42 bits per heavy atom. The summed E-state index contributed by atoms with van der Waals surface area (Å²) < 4.78 is 10.9. The van der Waals surface area contributed by atoms with Gasteiger partial charge in [0.25, 0.3) is 0 Å². The predicted octanol–water partition coefficient (Wildman–Crippen LogP) is 2.24. The highest BCUT2D eigenvalue weighted by molar-refractivity contribution is 5.52. The van der Waals surface area contributed by atoms with Gasteiger partial charge in [-0.3, -0.25) is 0 Å². The highest BCUT2D eigenvalue weighted by atomic mass is 16.5. The number of hydrogen-bond donors (Lipinski definition) is 0. The number of nitrogens with zero attached hydrogens (tertiary/aromatic N) is 3. The molecule has 0 bridgehead atoms. The van der Waals surface area contributed by atoms with Crippen LogP contribution < -0.4 is 9.64 Å². The van der Waals surface area contributed by atoms with Crippen molar-refractivity contribution in [1.82, 2.24) is 4.98 Å². The molecule has 19 heavy (non-hydrogen) atoms. The van der Waals surface area contributed by atoms with Crippen molar-refractivity contribution in [3.63, 3.8) is 0 Å². The van der Waals surface area contributed by atoms with E-state index in [1.807, 2.05) is 30.9 Å². The highest BCUT2D eigenvalue weighted by Gasteiger charge is 2.14. The van der Waals surface area contributed by atoms with E-state index in [-0.39, 0.29) is 6.10 Å². The smallest absolute Gasteiger partial charge is 0.171 e. The Morgan fingerprint density at radius 2 is 2.21 bits per heavy atom. The second-order valence-electron chi connectivity index (χ2n) is 4.38. The zero-order valence-electron chi connectivity index (χ0n) is 11.8. The predicted molar refractivity (Wildman–Crippen MR) is 74.3 cm³/mol. The largest absolute Gasteiger partial charge is 0.487 e. The Kier molecular flexibility index (Phi) is 6.69. The molecule has 104 valence electrons. The minimum absolute atomic E-state index is 0.0863. The Hall–Kier alpha value is -1.80. The molecule has 0 aromatic carbocycles. The van der Waals surface area contributed by atoms with Crippen molar-refractivity contribution in [3.05, 3.63) is 18.3 Å². The zero-order valence-corrected chi connectivity index (χ0v) is 11.8. The van der Waals surface area contributed by atoms with Gasteiger partial charge in [0.05, 0.1) is 25.2 Å². The third kappa shape index (κ3) is 5.14. The van der Waals surface area contributed by atoms with Gasteiger partial charge in [-0.1, -0.05) is 0 Å². The fraction of sp³-hybridized carbons (Fsp3) is 0.571. The minimum Gasteiger partial charge on any atom is -0.487 e. The van der Waals surface area contributed by atoms with Gasteiger partial charge >= 0.3 is 0 Å². The Morgan fingerprint density at radius 3 is 2.84 bits per heavy atom. The lowest BCUT2D eigenvalue weighted by Gasteiger charge is -2.25. The van der Waals surface area contributed by atoms with Crippen LogP contribution in [0, 0.1) is 11.3 Å². The number of ether oxygens (including phenoxy) is 2. The van der Waals surface area contributed by atoms with Crippen molar-refractivity contribution in [3.8, 4) is 11.8 Å². The van der Waals surface area contributed by atoms with Crippen molar-refractivity contribution in [1.29, 1.82) is 5.26 Å². The summed E-state index contributed by atoms with van der Waals surface area (Å²) in [7, 11) is 1.66. The van der Waals surface area contributed by atoms with Crippen LogP contribution in [0.1, 0.15) is 20.3 Å². The molecule has 0 aliphatic heterocycles. The molecule has 5 nitrogen and oxygen atoms in total. The van der Waals surface area contributed by atoms with Gasteiger partial charge in [-0.15, -0.1) is 0 Å². The van der Waals surface area contributed by atoms with E-state index in [1.165, 1.54) is 0 Å². The van der Waals surface area contributed by atoms with Crippen molar-refractivity contribution >= 4 is 5.82 Å². The number of anilines is 1. The Balaban J connectivity index is 2.89. The van der Waals surface area contributed by atoms with Crippen LogP contribution in [0.2, 0.25) is 0 Å². The molecule has 0 saturated carbocycles.